The Morgan fingerprint density at radius 2 is 1.74 bits per heavy atom. The maximum Gasteiger partial charge on any atom is 0.318 e. The third-order valence-corrected chi connectivity index (χ3v) is 5.73. The van der Waals surface area contributed by atoms with Crippen LogP contribution in [-0.4, -0.2) is 21.2 Å². The molecule has 0 aliphatic rings. The number of halogens is 1. The van der Waals surface area contributed by atoms with Crippen molar-refractivity contribution in [3.05, 3.63) is 84.6 Å². The van der Waals surface area contributed by atoms with Crippen LogP contribution in [0.4, 0.5) is 5.82 Å². The van der Waals surface area contributed by atoms with Gasteiger partial charge < -0.3 is 10.1 Å². The van der Waals surface area contributed by atoms with Crippen LogP contribution in [0.25, 0.3) is 16.9 Å². The minimum atomic E-state index is -0.740. The summed E-state index contributed by atoms with van der Waals surface area (Å²) < 4.78 is 7.53. The molecule has 0 saturated carbocycles. The van der Waals surface area contributed by atoms with Crippen LogP contribution in [-0.2, 0) is 11.3 Å². The summed E-state index contributed by atoms with van der Waals surface area (Å²) in [6, 6.07) is 23.5. The summed E-state index contributed by atoms with van der Waals surface area (Å²) in [6.07, 6.45) is 1.99. The maximum absolute atomic E-state index is 12.3. The first-order chi connectivity index (χ1) is 15.0. The SMILES string of the molecule is CC(C)(CCl)C(=O)Oc1ccc(-c2nc3ccccn3c2NCc2ccccc2)cc1. The highest BCUT2D eigenvalue weighted by Gasteiger charge is 2.28. The Kier molecular flexibility index (Phi) is 5.96. The first-order valence-corrected chi connectivity index (χ1v) is 10.6. The number of carbonyl (C=O) groups excluding carboxylic acids is 1. The number of anilines is 1. The Balaban J connectivity index is 1.62. The van der Waals surface area contributed by atoms with Crippen molar-refractivity contribution in [2.75, 3.05) is 11.2 Å². The van der Waals surface area contributed by atoms with Gasteiger partial charge in [-0.3, -0.25) is 9.20 Å². The predicted molar refractivity (Wildman–Crippen MR) is 125 cm³/mol. The average molecular weight is 434 g/mol. The summed E-state index contributed by atoms with van der Waals surface area (Å²) in [7, 11) is 0. The van der Waals surface area contributed by atoms with Crippen LogP contribution in [0.3, 0.4) is 0 Å². The molecule has 5 nitrogen and oxygen atoms in total. The van der Waals surface area contributed by atoms with Crippen molar-refractivity contribution < 1.29 is 9.53 Å². The number of benzene rings is 2. The molecule has 0 unspecified atom stereocenters. The number of imidazole rings is 1. The van der Waals surface area contributed by atoms with E-state index in [1.165, 1.54) is 5.56 Å². The molecule has 0 fully saturated rings. The summed E-state index contributed by atoms with van der Waals surface area (Å²) in [5.74, 6) is 1.23. The van der Waals surface area contributed by atoms with E-state index in [1.807, 2.05) is 59.1 Å². The third-order valence-electron chi connectivity index (χ3n) is 5.06. The fourth-order valence-electron chi connectivity index (χ4n) is 3.13. The number of carbonyl (C=O) groups is 1. The Morgan fingerprint density at radius 1 is 1.03 bits per heavy atom. The van der Waals surface area contributed by atoms with E-state index in [0.717, 1.165) is 22.7 Å². The second-order valence-electron chi connectivity index (χ2n) is 8.01. The molecule has 31 heavy (non-hydrogen) atoms. The Bertz CT molecular complexity index is 1180. The first-order valence-electron chi connectivity index (χ1n) is 10.1. The molecule has 0 saturated heterocycles. The second-order valence-corrected chi connectivity index (χ2v) is 8.28. The number of nitrogens with zero attached hydrogens (tertiary/aromatic N) is 2. The molecule has 0 aliphatic carbocycles. The van der Waals surface area contributed by atoms with Gasteiger partial charge in [0.2, 0.25) is 0 Å². The quantitative estimate of drug-likeness (QED) is 0.228. The number of pyridine rings is 1. The highest BCUT2D eigenvalue weighted by molar-refractivity contribution is 6.19. The summed E-state index contributed by atoms with van der Waals surface area (Å²) in [5, 5.41) is 3.53. The molecule has 0 atom stereocenters. The van der Waals surface area contributed by atoms with Gasteiger partial charge >= 0.3 is 5.97 Å². The number of nitrogens with one attached hydrogen (secondary N) is 1. The van der Waals surface area contributed by atoms with Crippen molar-refractivity contribution in [2.24, 2.45) is 5.41 Å². The fraction of sp³-hybridized carbons (Fsp3) is 0.200. The van der Waals surface area contributed by atoms with Crippen LogP contribution in [0.1, 0.15) is 19.4 Å². The molecular weight excluding hydrogens is 410 g/mol. The van der Waals surface area contributed by atoms with E-state index < -0.39 is 5.41 Å². The molecule has 0 spiro atoms. The minimum absolute atomic E-state index is 0.196. The molecule has 4 rings (SSSR count). The van der Waals surface area contributed by atoms with E-state index in [-0.39, 0.29) is 11.8 Å². The van der Waals surface area contributed by atoms with E-state index in [1.54, 1.807) is 26.0 Å². The number of alkyl halides is 1. The van der Waals surface area contributed by atoms with Crippen molar-refractivity contribution >= 4 is 29.0 Å². The van der Waals surface area contributed by atoms with Crippen molar-refractivity contribution in [3.63, 3.8) is 0 Å². The van der Waals surface area contributed by atoms with Crippen LogP contribution in [0.15, 0.2) is 79.0 Å². The average Bonchev–Trinajstić information content (AvgIpc) is 3.17. The molecule has 6 heteroatoms. The molecule has 0 amide bonds. The van der Waals surface area contributed by atoms with Crippen LogP contribution in [0.2, 0.25) is 0 Å². The van der Waals surface area contributed by atoms with E-state index >= 15 is 0 Å². The molecule has 0 aliphatic heterocycles. The zero-order valence-electron chi connectivity index (χ0n) is 17.5. The highest BCUT2D eigenvalue weighted by Crippen LogP contribution is 2.31. The summed E-state index contributed by atoms with van der Waals surface area (Å²) in [4.78, 5) is 17.1. The molecule has 0 bridgehead atoms. The second kappa shape index (κ2) is 8.82. The smallest absolute Gasteiger partial charge is 0.318 e. The molecule has 2 aromatic heterocycles. The lowest BCUT2D eigenvalue weighted by Gasteiger charge is -2.19. The molecule has 0 radical (unpaired) electrons. The summed E-state index contributed by atoms with van der Waals surface area (Å²) in [6.45, 7) is 4.20. The Labute approximate surface area is 186 Å². The van der Waals surface area contributed by atoms with Gasteiger partial charge in [-0.1, -0.05) is 36.4 Å². The van der Waals surface area contributed by atoms with E-state index in [4.69, 9.17) is 21.3 Å². The lowest BCUT2D eigenvalue weighted by Crippen LogP contribution is -2.30. The van der Waals surface area contributed by atoms with Gasteiger partial charge in [0, 0.05) is 24.2 Å². The zero-order valence-corrected chi connectivity index (χ0v) is 18.3. The molecule has 2 heterocycles. The van der Waals surface area contributed by atoms with Crippen molar-refractivity contribution in [2.45, 2.75) is 20.4 Å². The van der Waals surface area contributed by atoms with Crippen molar-refractivity contribution in [1.82, 2.24) is 9.38 Å². The van der Waals surface area contributed by atoms with Gasteiger partial charge in [0.15, 0.2) is 0 Å². The maximum atomic E-state index is 12.3. The number of rotatable bonds is 7. The summed E-state index contributed by atoms with van der Waals surface area (Å²) in [5.41, 5.74) is 3.06. The number of aromatic nitrogens is 2. The van der Waals surface area contributed by atoms with Crippen LogP contribution >= 0.6 is 11.6 Å². The van der Waals surface area contributed by atoms with E-state index in [2.05, 4.69) is 17.4 Å². The fourth-order valence-corrected chi connectivity index (χ4v) is 3.24. The molecule has 4 aromatic rings. The Hall–Kier alpha value is -3.31. The molecule has 158 valence electrons. The zero-order chi connectivity index (χ0) is 21.8. The van der Waals surface area contributed by atoms with Gasteiger partial charge in [0.25, 0.3) is 0 Å². The topological polar surface area (TPSA) is 55.6 Å². The third kappa shape index (κ3) is 4.57. The number of hydrogen-bond donors (Lipinski definition) is 1. The van der Waals surface area contributed by atoms with Gasteiger partial charge in [-0.15, -0.1) is 11.6 Å². The van der Waals surface area contributed by atoms with Gasteiger partial charge in [0.1, 0.15) is 22.9 Å². The standard InChI is InChI=1S/C25H24ClN3O2/c1-25(2,17-26)24(30)31-20-13-11-19(12-14-20)22-23(27-16-18-8-4-3-5-9-18)29-15-7-6-10-21(29)28-22/h3-15,27H,16-17H2,1-2H3. The van der Waals surface area contributed by atoms with E-state index in [9.17, 15) is 4.79 Å². The van der Waals surface area contributed by atoms with Crippen LogP contribution in [0, 0.1) is 5.41 Å². The number of esters is 1. The van der Waals surface area contributed by atoms with Gasteiger partial charge in [-0.2, -0.15) is 0 Å². The van der Waals surface area contributed by atoms with Gasteiger partial charge in [-0.25, -0.2) is 4.98 Å². The van der Waals surface area contributed by atoms with Crippen molar-refractivity contribution in [3.8, 4) is 17.0 Å². The predicted octanol–water partition coefficient (Wildman–Crippen LogP) is 5.78. The molecular formula is C25H24ClN3O2. The van der Waals surface area contributed by atoms with E-state index in [0.29, 0.717) is 12.3 Å². The lowest BCUT2D eigenvalue weighted by molar-refractivity contribution is -0.142. The first kappa shape index (κ1) is 20.9. The molecule has 2 aromatic carbocycles. The number of hydrogen-bond acceptors (Lipinski definition) is 4. The Morgan fingerprint density at radius 3 is 2.45 bits per heavy atom. The lowest BCUT2D eigenvalue weighted by atomic mass is 9.97. The normalized spacial score (nSPS) is 11.5. The summed E-state index contributed by atoms with van der Waals surface area (Å²) >= 11 is 5.87. The van der Waals surface area contributed by atoms with Gasteiger partial charge in [-0.05, 0) is 55.8 Å². The van der Waals surface area contributed by atoms with Crippen LogP contribution in [0.5, 0.6) is 5.75 Å². The van der Waals surface area contributed by atoms with Crippen molar-refractivity contribution in [1.29, 1.82) is 0 Å². The minimum Gasteiger partial charge on any atom is -0.426 e. The van der Waals surface area contributed by atoms with Gasteiger partial charge in [0.05, 0.1) is 5.41 Å². The largest absolute Gasteiger partial charge is 0.426 e. The highest BCUT2D eigenvalue weighted by atomic mass is 35.5. The number of fused-ring (bicyclic) bond motifs is 1. The molecule has 1 N–H and O–H groups in total. The number of ether oxygens (including phenoxy) is 1. The monoisotopic (exact) mass is 433 g/mol. The van der Waals surface area contributed by atoms with Crippen LogP contribution < -0.4 is 10.1 Å².